The number of carbonyl (C=O) groups is 4. The molecule has 1 aliphatic heterocycles. The first-order valence-electron chi connectivity index (χ1n) is 14.0. The van der Waals surface area contributed by atoms with Crippen LogP contribution in [0.15, 0.2) is 18.6 Å². The topological polar surface area (TPSA) is 142 Å². The lowest BCUT2D eigenvalue weighted by atomic mass is 9.80. The van der Waals surface area contributed by atoms with Crippen LogP contribution in [0.4, 0.5) is 0 Å². The van der Waals surface area contributed by atoms with E-state index in [1.807, 2.05) is 20.8 Å². The molecule has 10 heteroatoms. The predicted molar refractivity (Wildman–Crippen MR) is 140 cm³/mol. The Balaban J connectivity index is 1.56. The van der Waals surface area contributed by atoms with Crippen LogP contribution in [0.5, 0.6) is 0 Å². The van der Waals surface area contributed by atoms with Crippen LogP contribution in [0, 0.1) is 23.2 Å². The summed E-state index contributed by atoms with van der Waals surface area (Å²) < 4.78 is 0. The average Bonchev–Trinajstić information content (AvgIpc) is 3.37. The number of amides is 3. The number of aromatic nitrogens is 2. The van der Waals surface area contributed by atoms with Crippen molar-refractivity contribution in [3.8, 4) is 0 Å². The Hall–Kier alpha value is -3.04. The van der Waals surface area contributed by atoms with Crippen molar-refractivity contribution in [2.45, 2.75) is 96.7 Å². The molecule has 0 aromatic carbocycles. The van der Waals surface area contributed by atoms with E-state index >= 15 is 0 Å². The number of fused-ring (bicyclic) bond motifs is 1. The largest absolute Gasteiger partial charge is 0.480 e. The van der Waals surface area contributed by atoms with Gasteiger partial charge in [0.15, 0.2) is 0 Å². The second-order valence-electron chi connectivity index (χ2n) is 12.3. The number of carboxylic acid groups (broad SMARTS) is 1. The molecule has 3 amide bonds. The number of hydrogen-bond donors (Lipinski definition) is 3. The van der Waals surface area contributed by atoms with Gasteiger partial charge in [-0.2, -0.15) is 0 Å². The maximum atomic E-state index is 14.0. The van der Waals surface area contributed by atoms with Crippen molar-refractivity contribution in [1.29, 1.82) is 0 Å². The quantitative estimate of drug-likeness (QED) is 0.495. The van der Waals surface area contributed by atoms with Crippen LogP contribution in [0.25, 0.3) is 0 Å². The lowest BCUT2D eigenvalue weighted by Crippen LogP contribution is -2.63. The van der Waals surface area contributed by atoms with E-state index in [1.165, 1.54) is 23.5 Å². The molecule has 208 valence electrons. The minimum Gasteiger partial charge on any atom is -0.480 e. The van der Waals surface area contributed by atoms with Crippen LogP contribution in [-0.4, -0.2) is 68.3 Å². The van der Waals surface area contributed by atoms with E-state index in [0.29, 0.717) is 24.8 Å². The smallest absolute Gasteiger partial charge is 0.326 e. The minimum atomic E-state index is -1.00. The fourth-order valence-electron chi connectivity index (χ4n) is 6.48. The average molecular weight is 528 g/mol. The van der Waals surface area contributed by atoms with Crippen molar-refractivity contribution < 1.29 is 24.3 Å². The normalized spacial score (nSPS) is 25.7. The van der Waals surface area contributed by atoms with Crippen molar-refractivity contribution in [2.75, 3.05) is 6.54 Å². The van der Waals surface area contributed by atoms with Crippen LogP contribution in [0.1, 0.15) is 89.0 Å². The summed E-state index contributed by atoms with van der Waals surface area (Å²) in [5.41, 5.74) is -0.553. The highest BCUT2D eigenvalue weighted by atomic mass is 16.4. The Bertz CT molecular complexity index is 1020. The zero-order valence-corrected chi connectivity index (χ0v) is 22.7. The Labute approximate surface area is 224 Å². The summed E-state index contributed by atoms with van der Waals surface area (Å²) in [6.07, 6.45) is 12.4. The van der Waals surface area contributed by atoms with Gasteiger partial charge in [-0.25, -0.2) is 9.78 Å². The van der Waals surface area contributed by atoms with Crippen molar-refractivity contribution in [1.82, 2.24) is 25.5 Å². The summed E-state index contributed by atoms with van der Waals surface area (Å²) in [6.45, 7) is 5.99. The van der Waals surface area contributed by atoms with E-state index in [-0.39, 0.29) is 17.5 Å². The molecular formula is C28H41N5O5. The van der Waals surface area contributed by atoms with Crippen LogP contribution < -0.4 is 10.6 Å². The Morgan fingerprint density at radius 3 is 2.32 bits per heavy atom. The van der Waals surface area contributed by atoms with Crippen LogP contribution in [0.3, 0.4) is 0 Å². The Morgan fingerprint density at radius 1 is 0.974 bits per heavy atom. The zero-order chi connectivity index (χ0) is 27.4. The van der Waals surface area contributed by atoms with Gasteiger partial charge in [-0.3, -0.25) is 19.4 Å². The molecule has 3 aliphatic rings. The second kappa shape index (κ2) is 11.8. The number of nitrogens with zero attached hydrogens (tertiary/aromatic N) is 3. The molecule has 1 aromatic rings. The van der Waals surface area contributed by atoms with Crippen molar-refractivity contribution in [2.24, 2.45) is 23.2 Å². The number of piperidine rings is 1. The summed E-state index contributed by atoms with van der Waals surface area (Å²) in [4.78, 5) is 62.4. The maximum absolute atomic E-state index is 14.0. The number of hydrogen-bond acceptors (Lipinski definition) is 6. The van der Waals surface area contributed by atoms with Crippen LogP contribution in [-0.2, 0) is 14.4 Å². The van der Waals surface area contributed by atoms with E-state index in [4.69, 9.17) is 0 Å². The third-order valence-electron chi connectivity index (χ3n) is 8.60. The summed E-state index contributed by atoms with van der Waals surface area (Å²) in [5, 5.41) is 15.8. The number of rotatable bonds is 7. The van der Waals surface area contributed by atoms with E-state index in [1.54, 1.807) is 0 Å². The highest BCUT2D eigenvalue weighted by Gasteiger charge is 2.47. The first kappa shape index (κ1) is 28.0. The maximum Gasteiger partial charge on any atom is 0.326 e. The molecule has 3 unspecified atom stereocenters. The number of likely N-dealkylation sites (tertiary alicyclic amines) is 1. The molecule has 10 nitrogen and oxygen atoms in total. The lowest BCUT2D eigenvalue weighted by Gasteiger charge is -2.43. The van der Waals surface area contributed by atoms with Crippen LogP contribution >= 0.6 is 0 Å². The van der Waals surface area contributed by atoms with E-state index in [0.717, 1.165) is 51.4 Å². The van der Waals surface area contributed by atoms with Gasteiger partial charge in [0, 0.05) is 18.9 Å². The molecule has 0 spiro atoms. The standard InChI is InChI=1S/C28H41N5O5/c1-28(2,3)23(26(36)33-16-19-11-7-10-18(19)14-21(33)27(37)38)32-25(35)22(17-8-5-4-6-9-17)31-24(34)20-15-29-12-13-30-20/h12-13,15,17-19,21-23H,4-11,14,16H2,1-3H3,(H,31,34)(H,32,35)(H,37,38)/t18?,19?,21-,22-,23?/m0/s1. The third-order valence-corrected chi connectivity index (χ3v) is 8.60. The summed E-state index contributed by atoms with van der Waals surface area (Å²) >= 11 is 0. The van der Waals surface area contributed by atoms with Crippen molar-refractivity contribution in [3.05, 3.63) is 24.3 Å². The fourth-order valence-corrected chi connectivity index (χ4v) is 6.48. The van der Waals surface area contributed by atoms with Gasteiger partial charge < -0.3 is 20.6 Å². The molecule has 1 saturated heterocycles. The minimum absolute atomic E-state index is 0.0684. The molecule has 0 radical (unpaired) electrons. The van der Waals surface area contributed by atoms with E-state index in [2.05, 4.69) is 20.6 Å². The zero-order valence-electron chi connectivity index (χ0n) is 22.7. The lowest BCUT2D eigenvalue weighted by molar-refractivity contribution is -0.157. The number of carboxylic acids is 1. The van der Waals surface area contributed by atoms with E-state index in [9.17, 15) is 24.3 Å². The molecule has 2 saturated carbocycles. The summed E-state index contributed by atoms with van der Waals surface area (Å²) in [5.74, 6) is -1.73. The molecule has 0 bridgehead atoms. The molecular weight excluding hydrogens is 486 g/mol. The second-order valence-corrected chi connectivity index (χ2v) is 12.3. The Morgan fingerprint density at radius 2 is 1.68 bits per heavy atom. The van der Waals surface area contributed by atoms with Gasteiger partial charge in [0.1, 0.15) is 23.8 Å². The molecule has 5 atom stereocenters. The monoisotopic (exact) mass is 527 g/mol. The molecule has 2 aliphatic carbocycles. The third kappa shape index (κ3) is 6.32. The van der Waals surface area contributed by atoms with E-state index < -0.39 is 41.3 Å². The molecule has 3 fully saturated rings. The van der Waals surface area contributed by atoms with Gasteiger partial charge >= 0.3 is 5.97 Å². The predicted octanol–water partition coefficient (Wildman–Crippen LogP) is 2.79. The molecule has 2 heterocycles. The van der Waals surface area contributed by atoms with Gasteiger partial charge in [0.25, 0.3) is 5.91 Å². The highest BCUT2D eigenvalue weighted by Crippen LogP contribution is 2.41. The SMILES string of the molecule is CC(C)(C)C(NC(=O)[C@@H](NC(=O)c1cnccn1)C1CCCCC1)C(=O)N1CC2CCCC2C[C@H]1C(=O)O. The van der Waals surface area contributed by atoms with Crippen LogP contribution in [0.2, 0.25) is 0 Å². The first-order chi connectivity index (χ1) is 18.1. The van der Waals surface area contributed by atoms with Gasteiger partial charge in [-0.15, -0.1) is 0 Å². The van der Waals surface area contributed by atoms with Gasteiger partial charge in [-0.05, 0) is 48.9 Å². The van der Waals surface area contributed by atoms with Gasteiger partial charge in [-0.1, -0.05) is 52.9 Å². The Kier molecular flexibility index (Phi) is 8.67. The molecule has 38 heavy (non-hydrogen) atoms. The molecule has 4 rings (SSSR count). The number of aliphatic carboxylic acids is 1. The van der Waals surface area contributed by atoms with Crippen molar-refractivity contribution >= 4 is 23.7 Å². The van der Waals surface area contributed by atoms with Gasteiger partial charge in [0.2, 0.25) is 11.8 Å². The summed E-state index contributed by atoms with van der Waals surface area (Å²) in [6, 6.07) is -2.67. The number of carbonyl (C=O) groups excluding carboxylic acids is 3. The molecule has 1 aromatic heterocycles. The summed E-state index contributed by atoms with van der Waals surface area (Å²) in [7, 11) is 0. The van der Waals surface area contributed by atoms with Gasteiger partial charge in [0.05, 0.1) is 6.20 Å². The van der Waals surface area contributed by atoms with Crippen molar-refractivity contribution in [3.63, 3.8) is 0 Å². The first-order valence-corrected chi connectivity index (χ1v) is 14.0. The molecule has 3 N–H and O–H groups in total. The highest BCUT2D eigenvalue weighted by molar-refractivity contribution is 5.97. The fraction of sp³-hybridized carbons (Fsp3) is 0.714. The number of nitrogens with one attached hydrogen (secondary N) is 2.